The summed E-state index contributed by atoms with van der Waals surface area (Å²) in [6.07, 6.45) is 0. The van der Waals surface area contributed by atoms with Gasteiger partial charge in [-0.05, 0) is 34.9 Å². The van der Waals surface area contributed by atoms with Crippen molar-refractivity contribution < 1.29 is 18.9 Å². The molecule has 0 N–H and O–H groups in total. The maximum atomic E-state index is 5.93. The van der Waals surface area contributed by atoms with Crippen LogP contribution in [0, 0.1) is 0 Å². The predicted octanol–water partition coefficient (Wildman–Crippen LogP) is 8.94. The maximum Gasteiger partial charge on any atom is 0.168 e. The summed E-state index contributed by atoms with van der Waals surface area (Å²) in [7, 11) is 6.63. The number of methoxy groups -OCH3 is 4. The first kappa shape index (κ1) is 26.9. The minimum Gasteiger partial charge on any atom is -0.493 e. The van der Waals surface area contributed by atoms with Gasteiger partial charge in [0.15, 0.2) is 23.0 Å². The highest BCUT2D eigenvalue weighted by Crippen LogP contribution is 2.49. The minimum absolute atomic E-state index is 0.618. The molecule has 0 saturated heterocycles. The van der Waals surface area contributed by atoms with E-state index in [-0.39, 0.29) is 0 Å². The average Bonchev–Trinajstić information content (AvgIpc) is 3.07. The molecule has 0 bridgehead atoms. The Hall–Kier alpha value is -5.29. The molecule has 0 atom stereocenters. The molecule has 42 heavy (non-hydrogen) atoms. The van der Waals surface area contributed by atoms with Crippen LogP contribution in [0.5, 0.6) is 23.0 Å². The van der Waals surface area contributed by atoms with Gasteiger partial charge in [0.1, 0.15) is 0 Å². The smallest absolute Gasteiger partial charge is 0.168 e. The highest BCUT2D eigenvalue weighted by molar-refractivity contribution is 6.08. The van der Waals surface area contributed by atoms with Crippen LogP contribution in [0.4, 0.5) is 0 Å². The Bertz CT molecular complexity index is 1850. The lowest BCUT2D eigenvalue weighted by Gasteiger charge is -2.22. The van der Waals surface area contributed by atoms with Crippen molar-refractivity contribution >= 4 is 10.9 Å². The van der Waals surface area contributed by atoms with E-state index in [0.717, 1.165) is 55.5 Å². The van der Waals surface area contributed by atoms with E-state index in [1.807, 2.05) is 60.7 Å². The zero-order valence-electron chi connectivity index (χ0n) is 24.0. The van der Waals surface area contributed by atoms with E-state index in [0.29, 0.717) is 23.0 Å². The van der Waals surface area contributed by atoms with E-state index in [1.54, 1.807) is 28.4 Å². The minimum atomic E-state index is 0.618. The van der Waals surface area contributed by atoms with Crippen LogP contribution in [0.2, 0.25) is 0 Å². The molecule has 1 heterocycles. The van der Waals surface area contributed by atoms with Crippen molar-refractivity contribution in [3.63, 3.8) is 0 Å². The first-order valence-electron chi connectivity index (χ1n) is 13.7. The molecule has 5 nitrogen and oxygen atoms in total. The normalized spacial score (nSPS) is 10.9. The average molecular weight is 554 g/mol. The molecule has 0 amide bonds. The fraction of sp³-hybridized carbons (Fsp3) is 0.108. The second-order valence-corrected chi connectivity index (χ2v) is 9.79. The molecule has 0 spiro atoms. The lowest BCUT2D eigenvalue weighted by Crippen LogP contribution is -2.00. The molecule has 0 saturated carbocycles. The van der Waals surface area contributed by atoms with Gasteiger partial charge in [0, 0.05) is 33.7 Å². The van der Waals surface area contributed by atoms with Crippen LogP contribution in [-0.4, -0.2) is 33.4 Å². The van der Waals surface area contributed by atoms with Crippen molar-refractivity contribution in [3.8, 4) is 67.6 Å². The first-order chi connectivity index (χ1) is 20.7. The summed E-state index contributed by atoms with van der Waals surface area (Å²) in [6, 6.07) is 39.0. The third-order valence-electron chi connectivity index (χ3n) is 7.45. The van der Waals surface area contributed by atoms with Gasteiger partial charge in [-0.3, -0.25) is 0 Å². The highest BCUT2D eigenvalue weighted by Gasteiger charge is 2.24. The molecule has 0 aliphatic heterocycles. The monoisotopic (exact) mass is 553 g/mol. The van der Waals surface area contributed by atoms with Crippen LogP contribution >= 0.6 is 0 Å². The molecular weight excluding hydrogens is 522 g/mol. The highest BCUT2D eigenvalue weighted by atomic mass is 16.5. The Labute approximate surface area is 245 Å². The lowest BCUT2D eigenvalue weighted by molar-refractivity contribution is 0.356. The number of nitrogens with zero attached hydrogens (tertiary/aromatic N) is 1. The second kappa shape index (κ2) is 11.7. The molecule has 0 aliphatic carbocycles. The third kappa shape index (κ3) is 4.79. The van der Waals surface area contributed by atoms with E-state index in [1.165, 1.54) is 0 Å². The number of rotatable bonds is 8. The number of pyridine rings is 1. The molecule has 0 aliphatic rings. The predicted molar refractivity (Wildman–Crippen MR) is 170 cm³/mol. The fourth-order valence-electron chi connectivity index (χ4n) is 5.52. The zero-order chi connectivity index (χ0) is 29.1. The van der Waals surface area contributed by atoms with Crippen LogP contribution in [0.15, 0.2) is 115 Å². The summed E-state index contributed by atoms with van der Waals surface area (Å²) < 4.78 is 23.3. The molecule has 5 aromatic carbocycles. The molecule has 0 fully saturated rings. The van der Waals surface area contributed by atoms with Crippen molar-refractivity contribution in [1.29, 1.82) is 0 Å². The van der Waals surface area contributed by atoms with E-state index < -0.39 is 0 Å². The number of ether oxygens (including phenoxy) is 4. The fourth-order valence-corrected chi connectivity index (χ4v) is 5.52. The van der Waals surface area contributed by atoms with Gasteiger partial charge in [0.2, 0.25) is 0 Å². The van der Waals surface area contributed by atoms with Gasteiger partial charge in [0.25, 0.3) is 0 Å². The topological polar surface area (TPSA) is 49.8 Å². The standard InChI is InChI=1S/C37H31NO4/c1-39-31-22-29-30(23-32(31)40-2)38-36(26-18-12-7-13-19-26)35(25-16-10-6-11-17-25)34(29)27-20-28(24-14-8-5-9-15-24)37(42-4)33(21-27)41-3/h5-23H,1-4H3. The first-order valence-corrected chi connectivity index (χ1v) is 13.7. The Kier molecular flexibility index (Phi) is 7.48. The van der Waals surface area contributed by atoms with Gasteiger partial charge < -0.3 is 18.9 Å². The van der Waals surface area contributed by atoms with Crippen molar-refractivity contribution in [3.05, 3.63) is 115 Å². The van der Waals surface area contributed by atoms with Crippen LogP contribution < -0.4 is 18.9 Å². The van der Waals surface area contributed by atoms with E-state index in [4.69, 9.17) is 23.9 Å². The number of hydrogen-bond donors (Lipinski definition) is 0. The Balaban J connectivity index is 1.81. The van der Waals surface area contributed by atoms with Gasteiger partial charge in [-0.15, -0.1) is 0 Å². The molecule has 6 aromatic rings. The van der Waals surface area contributed by atoms with Crippen molar-refractivity contribution in [2.75, 3.05) is 28.4 Å². The van der Waals surface area contributed by atoms with Crippen LogP contribution in [0.3, 0.4) is 0 Å². The third-order valence-corrected chi connectivity index (χ3v) is 7.45. The summed E-state index contributed by atoms with van der Waals surface area (Å²) in [6.45, 7) is 0. The zero-order valence-corrected chi connectivity index (χ0v) is 24.0. The summed E-state index contributed by atoms with van der Waals surface area (Å²) in [5.41, 5.74) is 8.64. The van der Waals surface area contributed by atoms with Gasteiger partial charge in [0.05, 0.1) is 39.6 Å². The molecule has 208 valence electrons. The van der Waals surface area contributed by atoms with Gasteiger partial charge >= 0.3 is 0 Å². The van der Waals surface area contributed by atoms with E-state index >= 15 is 0 Å². The van der Waals surface area contributed by atoms with Crippen LogP contribution in [0.25, 0.3) is 55.5 Å². The number of aromatic nitrogens is 1. The summed E-state index contributed by atoms with van der Waals surface area (Å²) in [5, 5.41) is 0.928. The van der Waals surface area contributed by atoms with Gasteiger partial charge in [-0.25, -0.2) is 4.98 Å². The largest absolute Gasteiger partial charge is 0.493 e. The van der Waals surface area contributed by atoms with Gasteiger partial charge in [-0.2, -0.15) is 0 Å². The molecule has 0 radical (unpaired) electrons. The van der Waals surface area contributed by atoms with Crippen LogP contribution in [-0.2, 0) is 0 Å². The van der Waals surface area contributed by atoms with E-state index in [9.17, 15) is 0 Å². The summed E-state index contributed by atoms with van der Waals surface area (Å²) >= 11 is 0. The SMILES string of the molecule is COc1cc2nc(-c3ccccc3)c(-c3ccccc3)c(-c3cc(OC)c(OC)c(-c4ccccc4)c3)c2cc1OC. The number of hydrogen-bond acceptors (Lipinski definition) is 5. The van der Waals surface area contributed by atoms with Gasteiger partial charge in [-0.1, -0.05) is 91.0 Å². The number of benzene rings is 5. The summed E-state index contributed by atoms with van der Waals surface area (Å²) in [5.74, 6) is 2.56. The molecular formula is C37H31NO4. The van der Waals surface area contributed by atoms with Crippen molar-refractivity contribution in [1.82, 2.24) is 4.98 Å². The lowest BCUT2D eigenvalue weighted by atomic mass is 9.86. The second-order valence-electron chi connectivity index (χ2n) is 9.79. The van der Waals surface area contributed by atoms with E-state index in [2.05, 4.69) is 54.6 Å². The molecule has 5 heteroatoms. The maximum absolute atomic E-state index is 5.93. The van der Waals surface area contributed by atoms with Crippen molar-refractivity contribution in [2.45, 2.75) is 0 Å². The molecule has 6 rings (SSSR count). The Morgan fingerprint density at radius 2 is 1.00 bits per heavy atom. The van der Waals surface area contributed by atoms with Crippen molar-refractivity contribution in [2.24, 2.45) is 0 Å². The molecule has 0 unspecified atom stereocenters. The molecule has 1 aromatic heterocycles. The van der Waals surface area contributed by atoms with Crippen LogP contribution in [0.1, 0.15) is 0 Å². The quantitative estimate of drug-likeness (QED) is 0.188. The Morgan fingerprint density at radius 3 is 1.57 bits per heavy atom. The summed E-state index contributed by atoms with van der Waals surface area (Å²) in [4.78, 5) is 5.26. The number of fused-ring (bicyclic) bond motifs is 1. The Morgan fingerprint density at radius 1 is 0.452 bits per heavy atom.